The van der Waals surface area contributed by atoms with Gasteiger partial charge in [0.05, 0.1) is 23.7 Å². The Morgan fingerprint density at radius 3 is 2.00 bits per heavy atom. The van der Waals surface area contributed by atoms with Crippen LogP contribution in [0.1, 0.15) is 152 Å². The lowest BCUT2D eigenvalue weighted by Crippen LogP contribution is -2.66. The maximum Gasteiger partial charge on any atom is 0.309 e. The molecule has 1 aromatic rings. The smallest absolute Gasteiger partial charge is 0.309 e. The first kappa shape index (κ1) is 47.2. The highest BCUT2D eigenvalue weighted by molar-refractivity contribution is 6.30. The van der Waals surface area contributed by atoms with Crippen LogP contribution in [0, 0.1) is 61.6 Å². The molecule has 0 radical (unpaired) electrons. The van der Waals surface area contributed by atoms with E-state index in [1.54, 1.807) is 13.8 Å². The molecule has 1 unspecified atom stereocenters. The lowest BCUT2D eigenvalue weighted by molar-refractivity contribution is -0.235. The molecule has 338 valence electrons. The van der Waals surface area contributed by atoms with Crippen LogP contribution in [0.15, 0.2) is 35.4 Å². The van der Waals surface area contributed by atoms with Crippen LogP contribution in [0.2, 0.25) is 5.02 Å². The third-order valence-electron chi connectivity index (χ3n) is 17.5. The Morgan fingerprint density at radius 1 is 0.803 bits per heavy atom. The minimum Gasteiger partial charge on any atom is -0.481 e. The van der Waals surface area contributed by atoms with Gasteiger partial charge in [-0.05, 0) is 148 Å². The third kappa shape index (κ3) is 8.12. The molecule has 5 aliphatic rings. The lowest BCUT2D eigenvalue weighted by atomic mass is 9.33. The largest absolute Gasteiger partial charge is 0.481 e. The summed E-state index contributed by atoms with van der Waals surface area (Å²) in [6, 6.07) is 7.59. The van der Waals surface area contributed by atoms with Gasteiger partial charge in [0.15, 0.2) is 5.78 Å². The Bertz CT molecular complexity index is 1950. The quantitative estimate of drug-likeness (QED) is 0.154. The Kier molecular flexibility index (Phi) is 12.7. The number of fused-ring (bicyclic) bond motifs is 7. The van der Waals surface area contributed by atoms with E-state index in [1.165, 1.54) is 19.4 Å². The molecule has 0 heterocycles. The van der Waals surface area contributed by atoms with Crippen molar-refractivity contribution in [2.75, 3.05) is 6.54 Å². The van der Waals surface area contributed by atoms with E-state index < -0.39 is 46.2 Å². The standard InChI is InChI=1S/C50H72ClNO9/c1-29(2)40-33(53)24-50(37(61-39(55)26-45(5,6)43(58)59)28-52-27-30-12-14-31(51)15-13-30)23-22-48(10)32(41(40)50)16-17-35-47(9)20-19-36(60-38(54)25-44(3,4)42(56)57)46(7,8)34(47)18-21-49(35,48)11/h12-15,29,32,34-37,52H,16-28H2,1-11H3,(H,56,57)(H,58,59)/t32-,34+,35-,36+,37-,47+,48-,49-,50?/m1/s1. The molecular weight excluding hydrogens is 794 g/mol. The molecule has 5 aliphatic carbocycles. The SMILES string of the molecule is CC(C)C1=C2[C@H]3CC[C@@H]4[C@@]5(C)CC[C@H](OC(=O)CC(C)(C)C(=O)O)C(C)(C)[C@@H]5CC[C@@]4(C)[C@]3(C)CCC2([C@@H](CNCc2ccc(Cl)cc2)OC(=O)CC(C)(C)C(=O)O)CC1=O. The highest BCUT2D eigenvalue weighted by atomic mass is 35.5. The molecule has 0 saturated heterocycles. The number of carboxylic acids is 2. The average Bonchev–Trinajstić information content (AvgIpc) is 3.46. The predicted molar refractivity (Wildman–Crippen MR) is 234 cm³/mol. The summed E-state index contributed by atoms with van der Waals surface area (Å²) < 4.78 is 12.7. The van der Waals surface area contributed by atoms with E-state index in [9.17, 15) is 34.2 Å². The summed E-state index contributed by atoms with van der Waals surface area (Å²) >= 11 is 6.18. The van der Waals surface area contributed by atoms with Crippen molar-refractivity contribution in [1.29, 1.82) is 0 Å². The van der Waals surface area contributed by atoms with Crippen molar-refractivity contribution in [2.24, 2.45) is 61.6 Å². The Balaban J connectivity index is 1.33. The number of aliphatic carboxylic acids is 2. The Morgan fingerprint density at radius 2 is 1.41 bits per heavy atom. The van der Waals surface area contributed by atoms with Gasteiger partial charge in [0.25, 0.3) is 0 Å². The maximum absolute atomic E-state index is 14.5. The molecule has 0 aromatic heterocycles. The minimum absolute atomic E-state index is 0.0188. The van der Waals surface area contributed by atoms with Crippen molar-refractivity contribution >= 4 is 41.3 Å². The van der Waals surface area contributed by atoms with E-state index in [1.807, 2.05) is 24.3 Å². The number of carboxylic acid groups (broad SMARTS) is 2. The Hall–Kier alpha value is -3.24. The second-order valence-corrected chi connectivity index (χ2v) is 23.1. The number of rotatable bonds is 14. The number of carbonyl (C=O) groups excluding carboxylic acids is 3. The number of benzene rings is 1. The molecule has 10 nitrogen and oxygen atoms in total. The second kappa shape index (κ2) is 16.4. The number of hydrogen-bond acceptors (Lipinski definition) is 8. The van der Waals surface area contributed by atoms with Gasteiger partial charge < -0.3 is 25.0 Å². The first-order valence-corrected chi connectivity index (χ1v) is 23.1. The van der Waals surface area contributed by atoms with Crippen molar-refractivity contribution in [2.45, 2.75) is 166 Å². The molecule has 9 atom stereocenters. The van der Waals surface area contributed by atoms with E-state index in [0.29, 0.717) is 36.4 Å². The number of halogens is 1. The molecule has 0 bridgehead atoms. The molecule has 1 aromatic carbocycles. The van der Waals surface area contributed by atoms with Gasteiger partial charge in [-0.25, -0.2) is 0 Å². The molecule has 0 spiro atoms. The minimum atomic E-state index is -1.32. The van der Waals surface area contributed by atoms with Crippen LogP contribution in [-0.4, -0.2) is 58.6 Å². The lowest BCUT2D eigenvalue weighted by Gasteiger charge is -2.72. The molecular formula is C50H72ClNO9. The average molecular weight is 867 g/mol. The summed E-state index contributed by atoms with van der Waals surface area (Å²) in [6.07, 6.45) is 5.87. The van der Waals surface area contributed by atoms with Crippen molar-refractivity contribution in [3.63, 3.8) is 0 Å². The van der Waals surface area contributed by atoms with E-state index in [4.69, 9.17) is 21.1 Å². The number of allylic oxidation sites excluding steroid dienone is 1. The monoisotopic (exact) mass is 865 g/mol. The van der Waals surface area contributed by atoms with Crippen LogP contribution in [0.4, 0.5) is 0 Å². The van der Waals surface area contributed by atoms with Crippen molar-refractivity contribution in [3.05, 3.63) is 46.0 Å². The van der Waals surface area contributed by atoms with Crippen LogP contribution in [0.25, 0.3) is 0 Å². The molecule has 4 fully saturated rings. The van der Waals surface area contributed by atoms with Crippen molar-refractivity contribution in [1.82, 2.24) is 5.32 Å². The topological polar surface area (TPSA) is 156 Å². The zero-order valence-corrected chi connectivity index (χ0v) is 39.4. The van der Waals surface area contributed by atoms with E-state index in [0.717, 1.165) is 56.1 Å². The van der Waals surface area contributed by atoms with E-state index >= 15 is 0 Å². The summed E-state index contributed by atoms with van der Waals surface area (Å²) in [4.78, 5) is 65.5. The fraction of sp³-hybridized carbons (Fsp3) is 0.740. The molecule has 6 rings (SSSR count). The number of Topliss-reactive ketones (excluding diaryl/α,β-unsaturated/α-hetero) is 1. The zero-order valence-electron chi connectivity index (χ0n) is 38.6. The number of hydrogen-bond donors (Lipinski definition) is 3. The van der Waals surface area contributed by atoms with Crippen LogP contribution < -0.4 is 5.32 Å². The highest BCUT2D eigenvalue weighted by Gasteiger charge is 2.71. The molecule has 0 aliphatic heterocycles. The van der Waals surface area contributed by atoms with Gasteiger partial charge in [-0.15, -0.1) is 0 Å². The maximum atomic E-state index is 14.5. The summed E-state index contributed by atoms with van der Waals surface area (Å²) in [6.45, 7) is 23.2. The second-order valence-electron chi connectivity index (χ2n) is 22.7. The third-order valence-corrected chi connectivity index (χ3v) is 17.7. The van der Waals surface area contributed by atoms with Gasteiger partial charge in [0.1, 0.15) is 12.2 Å². The normalized spacial score (nSPS) is 33.8. The van der Waals surface area contributed by atoms with E-state index in [-0.39, 0.29) is 64.6 Å². The fourth-order valence-corrected chi connectivity index (χ4v) is 14.0. The van der Waals surface area contributed by atoms with Crippen molar-refractivity contribution < 1.29 is 43.7 Å². The predicted octanol–water partition coefficient (Wildman–Crippen LogP) is 10.2. The van der Waals surface area contributed by atoms with Gasteiger partial charge in [0, 0.05) is 35.4 Å². The summed E-state index contributed by atoms with van der Waals surface area (Å²) in [5, 5.41) is 23.8. The van der Waals surface area contributed by atoms with Crippen molar-refractivity contribution in [3.8, 4) is 0 Å². The molecule has 11 heteroatoms. The molecule has 0 amide bonds. The van der Waals surface area contributed by atoms with Crippen LogP contribution in [-0.2, 0) is 40.0 Å². The van der Waals surface area contributed by atoms with Crippen LogP contribution >= 0.6 is 11.6 Å². The van der Waals surface area contributed by atoms with Crippen LogP contribution in [0.5, 0.6) is 0 Å². The first-order valence-electron chi connectivity index (χ1n) is 22.7. The zero-order chi connectivity index (χ0) is 45.3. The fourth-order valence-electron chi connectivity index (χ4n) is 13.8. The number of ether oxygens (including phenoxy) is 2. The summed E-state index contributed by atoms with van der Waals surface area (Å²) in [5.74, 6) is -2.22. The van der Waals surface area contributed by atoms with Gasteiger partial charge >= 0.3 is 23.9 Å². The van der Waals surface area contributed by atoms with Crippen LogP contribution in [0.3, 0.4) is 0 Å². The molecule has 3 N–H and O–H groups in total. The number of esters is 2. The van der Waals surface area contributed by atoms with Gasteiger partial charge in [-0.3, -0.25) is 24.0 Å². The van der Waals surface area contributed by atoms with E-state index in [2.05, 4.69) is 53.8 Å². The molecule has 4 saturated carbocycles. The Labute approximate surface area is 368 Å². The number of carbonyl (C=O) groups is 5. The van der Waals surface area contributed by atoms with Gasteiger partial charge in [-0.1, -0.05) is 72.2 Å². The number of ketones is 1. The highest BCUT2D eigenvalue weighted by Crippen LogP contribution is 2.77. The van der Waals surface area contributed by atoms with Gasteiger partial charge in [0.2, 0.25) is 0 Å². The van der Waals surface area contributed by atoms with Gasteiger partial charge in [-0.2, -0.15) is 0 Å². The summed E-state index contributed by atoms with van der Waals surface area (Å²) in [5.41, 5.74) is -0.716. The first-order chi connectivity index (χ1) is 28.2. The number of nitrogens with one attached hydrogen (secondary N) is 1. The summed E-state index contributed by atoms with van der Waals surface area (Å²) in [7, 11) is 0. The molecule has 61 heavy (non-hydrogen) atoms.